The van der Waals surface area contributed by atoms with Crippen LogP contribution in [0.2, 0.25) is 0 Å². The molecule has 106 valence electrons. The fourth-order valence-electron chi connectivity index (χ4n) is 1.69. The lowest BCUT2D eigenvalue weighted by atomic mass is 10.2. The maximum atomic E-state index is 11.5. The topological polar surface area (TPSA) is 94.3 Å². The number of carbonyl (C=O) groups is 1. The molecule has 0 saturated carbocycles. The van der Waals surface area contributed by atoms with Gasteiger partial charge in [-0.15, -0.1) is 11.8 Å². The van der Waals surface area contributed by atoms with E-state index in [0.717, 1.165) is 14.9 Å². The summed E-state index contributed by atoms with van der Waals surface area (Å²) < 4.78 is 6.46. The summed E-state index contributed by atoms with van der Waals surface area (Å²) in [6.45, 7) is 1.80. The zero-order valence-electron chi connectivity index (χ0n) is 10.8. The van der Waals surface area contributed by atoms with Crippen LogP contribution in [-0.4, -0.2) is 5.91 Å². The highest BCUT2D eigenvalue weighted by Gasteiger charge is 2.15. The molecule has 0 atom stereocenters. The number of anilines is 1. The fourth-order valence-corrected chi connectivity index (χ4v) is 3.09. The van der Waals surface area contributed by atoms with Crippen molar-refractivity contribution < 1.29 is 9.21 Å². The molecule has 0 aliphatic heterocycles. The van der Waals surface area contributed by atoms with E-state index in [2.05, 4.69) is 21.4 Å². The first-order valence-corrected chi connectivity index (χ1v) is 7.57. The number of amides is 1. The molecule has 1 heterocycles. The predicted molar refractivity (Wildman–Crippen MR) is 83.2 cm³/mol. The molecule has 0 fully saturated rings. The van der Waals surface area contributed by atoms with E-state index >= 15 is 0 Å². The van der Waals surface area contributed by atoms with Crippen LogP contribution in [-0.2, 0) is 5.75 Å². The molecule has 0 spiro atoms. The average molecular weight is 356 g/mol. The zero-order valence-corrected chi connectivity index (χ0v) is 13.2. The van der Waals surface area contributed by atoms with Crippen LogP contribution in [0.5, 0.6) is 0 Å². The van der Waals surface area contributed by atoms with Crippen molar-refractivity contribution in [3.05, 3.63) is 45.8 Å². The van der Waals surface area contributed by atoms with E-state index in [4.69, 9.17) is 16.0 Å². The van der Waals surface area contributed by atoms with Crippen LogP contribution in [0.1, 0.15) is 21.9 Å². The number of nitrogens with one attached hydrogen (secondary N) is 1. The Kier molecular flexibility index (Phi) is 4.74. The van der Waals surface area contributed by atoms with E-state index < -0.39 is 5.91 Å². The van der Waals surface area contributed by atoms with Gasteiger partial charge in [0.25, 0.3) is 0 Å². The number of carbonyl (C=O) groups excluding carboxylic acids is 1. The smallest absolute Gasteiger partial charge is 0.301 e. The molecule has 0 bridgehead atoms. The van der Waals surface area contributed by atoms with Gasteiger partial charge in [0.15, 0.2) is 5.76 Å². The first-order valence-electron chi connectivity index (χ1n) is 5.79. The highest BCUT2D eigenvalue weighted by molar-refractivity contribution is 9.10. The van der Waals surface area contributed by atoms with Crippen LogP contribution >= 0.6 is 27.7 Å². The van der Waals surface area contributed by atoms with Crippen LogP contribution in [0.4, 0.5) is 5.69 Å². The lowest BCUT2D eigenvalue weighted by Gasteiger charge is -2.04. The number of hydrogen-bond acceptors (Lipinski definition) is 5. The highest BCUT2D eigenvalue weighted by atomic mass is 79.9. The quantitative estimate of drug-likeness (QED) is 0.257. The molecule has 1 aromatic carbocycles. The first-order chi connectivity index (χ1) is 9.51. The standard InChI is InChI=1S/C13H14BrN3O2S/c1-7-4-9(19-12(7)13(18)17-16)6-20-11-5-8(14)2-3-10(11)15/h2-5H,6,15-16H2,1H3,(H,17,18). The van der Waals surface area contributed by atoms with Crippen molar-refractivity contribution in [3.8, 4) is 0 Å². The lowest BCUT2D eigenvalue weighted by Crippen LogP contribution is -2.30. The van der Waals surface area contributed by atoms with Crippen molar-refractivity contribution in [3.63, 3.8) is 0 Å². The number of halogens is 1. The average Bonchev–Trinajstić information content (AvgIpc) is 2.80. The van der Waals surface area contributed by atoms with E-state index in [-0.39, 0.29) is 5.76 Å². The van der Waals surface area contributed by atoms with Crippen LogP contribution in [0.15, 0.2) is 38.1 Å². The van der Waals surface area contributed by atoms with E-state index in [1.807, 2.05) is 24.3 Å². The number of hydrazine groups is 1. The molecule has 7 heteroatoms. The molecule has 0 unspecified atom stereocenters. The molecule has 5 N–H and O–H groups in total. The van der Waals surface area contributed by atoms with Gasteiger partial charge in [0.1, 0.15) is 5.76 Å². The Labute approximate surface area is 129 Å². The number of nitrogen functional groups attached to an aromatic ring is 2. The third-order valence-electron chi connectivity index (χ3n) is 2.65. The zero-order chi connectivity index (χ0) is 14.7. The van der Waals surface area contributed by atoms with Crippen LogP contribution in [0.25, 0.3) is 0 Å². The molecule has 0 aliphatic carbocycles. The second-order valence-electron chi connectivity index (χ2n) is 4.17. The highest BCUT2D eigenvalue weighted by Crippen LogP contribution is 2.31. The second-order valence-corrected chi connectivity index (χ2v) is 6.10. The Morgan fingerprint density at radius 3 is 2.90 bits per heavy atom. The molecule has 0 radical (unpaired) electrons. The van der Waals surface area contributed by atoms with Crippen molar-refractivity contribution >= 4 is 39.3 Å². The van der Waals surface area contributed by atoms with Gasteiger partial charge < -0.3 is 10.2 Å². The van der Waals surface area contributed by atoms with E-state index in [1.165, 1.54) is 0 Å². The first kappa shape index (κ1) is 15.0. The van der Waals surface area contributed by atoms with E-state index in [0.29, 0.717) is 17.2 Å². The summed E-state index contributed by atoms with van der Waals surface area (Å²) >= 11 is 4.95. The van der Waals surface area contributed by atoms with Gasteiger partial charge >= 0.3 is 5.91 Å². The molecule has 20 heavy (non-hydrogen) atoms. The third-order valence-corrected chi connectivity index (χ3v) is 4.24. The van der Waals surface area contributed by atoms with E-state index in [9.17, 15) is 4.79 Å². The minimum atomic E-state index is -0.430. The largest absolute Gasteiger partial charge is 0.455 e. The number of thioether (sulfide) groups is 1. The number of nitrogens with two attached hydrogens (primary N) is 2. The summed E-state index contributed by atoms with van der Waals surface area (Å²) in [5.74, 6) is 6.19. The Morgan fingerprint density at radius 1 is 1.45 bits per heavy atom. The number of hydrogen-bond donors (Lipinski definition) is 3. The Balaban J connectivity index is 2.11. The van der Waals surface area contributed by atoms with Crippen molar-refractivity contribution in [1.82, 2.24) is 5.43 Å². The van der Waals surface area contributed by atoms with Crippen LogP contribution in [0, 0.1) is 6.92 Å². The van der Waals surface area contributed by atoms with E-state index in [1.54, 1.807) is 18.7 Å². The van der Waals surface area contributed by atoms with Gasteiger partial charge in [-0.25, -0.2) is 5.84 Å². The van der Waals surface area contributed by atoms with Gasteiger partial charge in [0, 0.05) is 20.6 Å². The lowest BCUT2D eigenvalue weighted by molar-refractivity contribution is 0.0923. The second kappa shape index (κ2) is 6.34. The number of furan rings is 1. The SMILES string of the molecule is Cc1cc(CSc2cc(Br)ccc2N)oc1C(=O)NN. The van der Waals surface area contributed by atoms with Gasteiger partial charge in [0.05, 0.1) is 5.75 Å². The third kappa shape index (κ3) is 3.36. The van der Waals surface area contributed by atoms with Crippen LogP contribution in [0.3, 0.4) is 0 Å². The van der Waals surface area contributed by atoms with Gasteiger partial charge in [0.2, 0.25) is 0 Å². The normalized spacial score (nSPS) is 10.6. The minimum absolute atomic E-state index is 0.241. The predicted octanol–water partition coefficient (Wildman–Crippen LogP) is 2.83. The van der Waals surface area contributed by atoms with Crippen molar-refractivity contribution in [2.75, 3.05) is 5.73 Å². The summed E-state index contributed by atoms with van der Waals surface area (Å²) in [6, 6.07) is 7.50. The Hall–Kier alpha value is -1.44. The molecule has 1 aromatic heterocycles. The monoisotopic (exact) mass is 355 g/mol. The molecule has 5 nitrogen and oxygen atoms in total. The number of rotatable bonds is 4. The molecule has 1 amide bonds. The summed E-state index contributed by atoms with van der Waals surface area (Å²) in [5.41, 5.74) is 9.43. The molecule has 0 saturated heterocycles. The van der Waals surface area contributed by atoms with Gasteiger partial charge in [-0.05, 0) is 31.2 Å². The maximum Gasteiger partial charge on any atom is 0.301 e. The molecule has 2 aromatic rings. The molecule has 2 rings (SSSR count). The van der Waals surface area contributed by atoms with Crippen LogP contribution < -0.4 is 17.0 Å². The van der Waals surface area contributed by atoms with Crippen molar-refractivity contribution in [2.24, 2.45) is 5.84 Å². The minimum Gasteiger partial charge on any atom is -0.455 e. The summed E-state index contributed by atoms with van der Waals surface area (Å²) in [6.07, 6.45) is 0. The number of aryl methyl sites for hydroxylation is 1. The van der Waals surface area contributed by atoms with Crippen molar-refractivity contribution in [2.45, 2.75) is 17.6 Å². The van der Waals surface area contributed by atoms with Gasteiger partial charge in [-0.1, -0.05) is 15.9 Å². The Bertz CT molecular complexity index is 643. The van der Waals surface area contributed by atoms with Gasteiger partial charge in [-0.3, -0.25) is 10.2 Å². The van der Waals surface area contributed by atoms with Gasteiger partial charge in [-0.2, -0.15) is 0 Å². The molecular formula is C13H14BrN3O2S. The summed E-state index contributed by atoms with van der Waals surface area (Å²) in [7, 11) is 0. The summed E-state index contributed by atoms with van der Waals surface area (Å²) in [5, 5.41) is 0. The summed E-state index contributed by atoms with van der Waals surface area (Å²) in [4.78, 5) is 12.4. The molecule has 0 aliphatic rings. The molecular weight excluding hydrogens is 342 g/mol. The fraction of sp³-hybridized carbons (Fsp3) is 0.154. The maximum absolute atomic E-state index is 11.5. The van der Waals surface area contributed by atoms with Crippen molar-refractivity contribution in [1.29, 1.82) is 0 Å². The Morgan fingerprint density at radius 2 is 2.20 bits per heavy atom. The number of benzene rings is 1.